The molecule has 3 rings (SSSR count). The number of nitrogens with one attached hydrogen (secondary N) is 2. The normalized spacial score (nSPS) is 22.0. The van der Waals surface area contributed by atoms with Crippen molar-refractivity contribution in [3.8, 4) is 0 Å². The summed E-state index contributed by atoms with van der Waals surface area (Å²) in [6.45, 7) is 7.90. The zero-order valence-electron chi connectivity index (χ0n) is 16.4. The van der Waals surface area contributed by atoms with Crippen LogP contribution in [0.4, 0.5) is 10.5 Å². The van der Waals surface area contributed by atoms with E-state index in [9.17, 15) is 9.59 Å². The highest BCUT2D eigenvalue weighted by atomic mass is 16.4. The molecule has 2 fully saturated rings. The zero-order chi connectivity index (χ0) is 19.6. The molecule has 0 atom stereocenters. The number of rotatable bonds is 9. The number of carbonyl (C=O) groups is 2. The highest BCUT2D eigenvalue weighted by Crippen LogP contribution is 2.43. The van der Waals surface area contributed by atoms with Crippen molar-refractivity contribution >= 4 is 17.7 Å². The number of carbonyl (C=O) groups excluding carboxylic acids is 1. The molecule has 0 bridgehead atoms. The zero-order valence-corrected chi connectivity index (χ0v) is 16.4. The molecule has 2 amide bonds. The van der Waals surface area contributed by atoms with Crippen molar-refractivity contribution < 1.29 is 14.7 Å². The third-order valence-electron chi connectivity index (χ3n) is 5.34. The molecule has 3 N–H and O–H groups in total. The van der Waals surface area contributed by atoms with Gasteiger partial charge in [0.2, 0.25) is 0 Å². The van der Waals surface area contributed by atoms with Gasteiger partial charge < -0.3 is 15.7 Å². The van der Waals surface area contributed by atoms with Crippen LogP contribution < -0.4 is 10.6 Å². The summed E-state index contributed by atoms with van der Waals surface area (Å²) in [5.41, 5.74) is 1.96. The van der Waals surface area contributed by atoms with Crippen LogP contribution >= 0.6 is 0 Å². The lowest BCUT2D eigenvalue weighted by Crippen LogP contribution is -2.55. The SMILES string of the molecule is CCN(CC(=O)O)C1CC(NC(=O)Nc2cnn(CC(C)C)c2C2CC2)C1. The quantitative estimate of drug-likeness (QED) is 0.614. The molecule has 2 saturated carbocycles. The average Bonchev–Trinajstić information content (AvgIpc) is 3.31. The number of urea groups is 1. The lowest BCUT2D eigenvalue weighted by Gasteiger charge is -2.42. The second kappa shape index (κ2) is 8.29. The fourth-order valence-corrected chi connectivity index (χ4v) is 3.79. The molecule has 1 heterocycles. The second-order valence-corrected chi connectivity index (χ2v) is 8.17. The van der Waals surface area contributed by atoms with Crippen LogP contribution in [-0.4, -0.2) is 57.0 Å². The van der Waals surface area contributed by atoms with Gasteiger partial charge in [-0.1, -0.05) is 20.8 Å². The Morgan fingerprint density at radius 3 is 2.63 bits per heavy atom. The van der Waals surface area contributed by atoms with Crippen LogP contribution in [0.25, 0.3) is 0 Å². The van der Waals surface area contributed by atoms with Gasteiger partial charge in [0.1, 0.15) is 0 Å². The van der Waals surface area contributed by atoms with E-state index < -0.39 is 5.97 Å². The van der Waals surface area contributed by atoms with Gasteiger partial charge in [-0.25, -0.2) is 4.79 Å². The predicted molar refractivity (Wildman–Crippen MR) is 103 cm³/mol. The molecule has 0 spiro atoms. The molecule has 0 radical (unpaired) electrons. The number of aliphatic carboxylic acids is 1. The van der Waals surface area contributed by atoms with Crippen LogP contribution in [0.3, 0.4) is 0 Å². The molecule has 0 aliphatic heterocycles. The summed E-state index contributed by atoms with van der Waals surface area (Å²) in [6, 6.07) is 0.117. The van der Waals surface area contributed by atoms with E-state index >= 15 is 0 Å². The third-order valence-corrected chi connectivity index (χ3v) is 5.34. The largest absolute Gasteiger partial charge is 0.480 e. The van der Waals surface area contributed by atoms with Gasteiger partial charge in [0.15, 0.2) is 0 Å². The van der Waals surface area contributed by atoms with Crippen molar-refractivity contribution in [3.05, 3.63) is 11.9 Å². The Labute approximate surface area is 160 Å². The van der Waals surface area contributed by atoms with E-state index in [1.807, 2.05) is 16.5 Å². The maximum Gasteiger partial charge on any atom is 0.319 e. The fourth-order valence-electron chi connectivity index (χ4n) is 3.79. The van der Waals surface area contributed by atoms with Crippen LogP contribution in [0, 0.1) is 5.92 Å². The fraction of sp³-hybridized carbons (Fsp3) is 0.737. The maximum absolute atomic E-state index is 12.4. The van der Waals surface area contributed by atoms with E-state index in [4.69, 9.17) is 5.11 Å². The van der Waals surface area contributed by atoms with E-state index in [0.29, 0.717) is 18.4 Å². The van der Waals surface area contributed by atoms with Gasteiger partial charge in [-0.15, -0.1) is 0 Å². The first kappa shape index (κ1) is 19.7. The number of likely N-dealkylation sites (N-methyl/N-ethyl adjacent to an activating group) is 1. The molecular formula is C19H31N5O3. The highest BCUT2D eigenvalue weighted by molar-refractivity contribution is 5.90. The van der Waals surface area contributed by atoms with Crippen molar-refractivity contribution in [1.29, 1.82) is 0 Å². The van der Waals surface area contributed by atoms with Crippen LogP contribution in [0.1, 0.15) is 58.1 Å². The van der Waals surface area contributed by atoms with Gasteiger partial charge in [-0.05, 0) is 38.1 Å². The second-order valence-electron chi connectivity index (χ2n) is 8.17. The topological polar surface area (TPSA) is 99.5 Å². The van der Waals surface area contributed by atoms with Gasteiger partial charge in [0, 0.05) is 24.5 Å². The Morgan fingerprint density at radius 1 is 1.37 bits per heavy atom. The number of anilines is 1. The maximum atomic E-state index is 12.4. The Balaban J connectivity index is 1.51. The van der Waals surface area contributed by atoms with E-state index in [2.05, 4.69) is 29.6 Å². The Bertz CT molecular complexity index is 677. The number of nitrogens with zero attached hydrogens (tertiary/aromatic N) is 3. The number of amides is 2. The molecule has 1 aromatic heterocycles. The van der Waals surface area contributed by atoms with Gasteiger partial charge in [0.05, 0.1) is 24.1 Å². The molecule has 1 aromatic rings. The molecule has 0 saturated heterocycles. The summed E-state index contributed by atoms with van der Waals surface area (Å²) in [7, 11) is 0. The monoisotopic (exact) mass is 377 g/mol. The van der Waals surface area contributed by atoms with Crippen molar-refractivity contribution in [3.63, 3.8) is 0 Å². The van der Waals surface area contributed by atoms with E-state index in [0.717, 1.165) is 43.6 Å². The third kappa shape index (κ3) is 5.00. The van der Waals surface area contributed by atoms with Crippen LogP contribution in [0.15, 0.2) is 6.20 Å². The van der Waals surface area contributed by atoms with Gasteiger partial charge in [-0.2, -0.15) is 5.10 Å². The summed E-state index contributed by atoms with van der Waals surface area (Å²) in [4.78, 5) is 25.3. The molecule has 0 unspecified atom stereocenters. The summed E-state index contributed by atoms with van der Waals surface area (Å²) >= 11 is 0. The summed E-state index contributed by atoms with van der Waals surface area (Å²) < 4.78 is 2.03. The number of hydrogen-bond donors (Lipinski definition) is 3. The van der Waals surface area contributed by atoms with E-state index in [-0.39, 0.29) is 24.7 Å². The molecule has 0 aromatic carbocycles. The predicted octanol–water partition coefficient (Wildman–Crippen LogP) is 2.48. The smallest absolute Gasteiger partial charge is 0.319 e. The van der Waals surface area contributed by atoms with Gasteiger partial charge in [0.25, 0.3) is 0 Å². The Morgan fingerprint density at radius 2 is 2.07 bits per heavy atom. The summed E-state index contributed by atoms with van der Waals surface area (Å²) in [5, 5.41) is 19.4. The number of aromatic nitrogens is 2. The molecule has 8 nitrogen and oxygen atoms in total. The summed E-state index contributed by atoms with van der Waals surface area (Å²) in [5.74, 6) is 0.198. The first-order chi connectivity index (χ1) is 12.9. The lowest BCUT2D eigenvalue weighted by molar-refractivity contribution is -0.139. The minimum Gasteiger partial charge on any atom is -0.480 e. The first-order valence-electron chi connectivity index (χ1n) is 9.96. The van der Waals surface area contributed by atoms with Crippen molar-refractivity contribution in [1.82, 2.24) is 20.0 Å². The standard InChI is InChI=1S/C19H31N5O3/c1-4-23(11-17(25)26)15-7-14(8-15)21-19(27)22-16-9-20-24(10-12(2)3)18(16)13-5-6-13/h9,12-15H,4-8,10-11H2,1-3H3,(H,25,26)(H2,21,22,27). The van der Waals surface area contributed by atoms with E-state index in [1.54, 1.807) is 6.20 Å². The molecule has 8 heteroatoms. The number of carboxylic acid groups (broad SMARTS) is 1. The molecule has 2 aliphatic carbocycles. The minimum absolute atomic E-state index is 0.0554. The van der Waals surface area contributed by atoms with Gasteiger partial charge in [-0.3, -0.25) is 14.4 Å². The summed E-state index contributed by atoms with van der Waals surface area (Å²) in [6.07, 6.45) is 5.64. The first-order valence-corrected chi connectivity index (χ1v) is 9.96. The molecule has 150 valence electrons. The molecular weight excluding hydrogens is 346 g/mol. The minimum atomic E-state index is -0.808. The van der Waals surface area contributed by atoms with Crippen molar-refractivity contribution in [2.75, 3.05) is 18.4 Å². The van der Waals surface area contributed by atoms with E-state index in [1.165, 1.54) is 0 Å². The Kier molecular flexibility index (Phi) is 6.04. The average molecular weight is 377 g/mol. The highest BCUT2D eigenvalue weighted by Gasteiger charge is 2.35. The van der Waals surface area contributed by atoms with Crippen LogP contribution in [0.2, 0.25) is 0 Å². The van der Waals surface area contributed by atoms with Gasteiger partial charge >= 0.3 is 12.0 Å². The molecule has 2 aliphatic rings. The van der Waals surface area contributed by atoms with Crippen molar-refractivity contribution in [2.24, 2.45) is 5.92 Å². The van der Waals surface area contributed by atoms with Crippen LogP contribution in [-0.2, 0) is 11.3 Å². The van der Waals surface area contributed by atoms with Crippen LogP contribution in [0.5, 0.6) is 0 Å². The number of hydrogen-bond acceptors (Lipinski definition) is 4. The molecule has 27 heavy (non-hydrogen) atoms. The number of carboxylic acids is 1. The van der Waals surface area contributed by atoms with Crippen molar-refractivity contribution in [2.45, 2.75) is 71.0 Å². The lowest BCUT2D eigenvalue weighted by atomic mass is 9.85. The Hall–Kier alpha value is -2.09.